The number of rotatable bonds is 4. The predicted molar refractivity (Wildman–Crippen MR) is 108 cm³/mol. The van der Waals surface area contributed by atoms with Crippen LogP contribution < -0.4 is 10.7 Å². The van der Waals surface area contributed by atoms with Crippen LogP contribution in [0, 0.1) is 0 Å². The van der Waals surface area contributed by atoms with Gasteiger partial charge in [0.1, 0.15) is 0 Å². The maximum absolute atomic E-state index is 12.9. The Bertz CT molecular complexity index is 1010. The van der Waals surface area contributed by atoms with E-state index < -0.39 is 0 Å². The molecule has 8 heteroatoms. The summed E-state index contributed by atoms with van der Waals surface area (Å²) in [5.41, 5.74) is 2.97. The van der Waals surface area contributed by atoms with Gasteiger partial charge in [-0.25, -0.2) is 4.68 Å². The molecule has 1 aliphatic rings. The van der Waals surface area contributed by atoms with Crippen LogP contribution in [-0.4, -0.2) is 32.6 Å². The Labute approximate surface area is 166 Å². The Balaban J connectivity index is 1.52. The summed E-state index contributed by atoms with van der Waals surface area (Å²) in [7, 11) is 0. The minimum Gasteiger partial charge on any atom is -0.335 e. The first-order valence-corrected chi connectivity index (χ1v) is 9.82. The number of anilines is 1. The van der Waals surface area contributed by atoms with E-state index in [-0.39, 0.29) is 11.2 Å². The maximum Gasteiger partial charge on any atom is 0.240 e. The third kappa shape index (κ3) is 3.40. The first-order chi connectivity index (χ1) is 13.0. The molecule has 0 fully saturated rings. The number of carbonyl (C=O) groups is 1. The smallest absolute Gasteiger partial charge is 0.240 e. The van der Waals surface area contributed by atoms with Crippen LogP contribution >= 0.6 is 23.4 Å². The second kappa shape index (κ2) is 7.25. The molecule has 2 heterocycles. The SMILES string of the molecule is CC(Sc1nnc(-c2cccc(Cl)c2)n1N)C(=O)N1CCc2ccccc21. The quantitative estimate of drug-likeness (QED) is 0.537. The number of benzene rings is 2. The summed E-state index contributed by atoms with van der Waals surface area (Å²) < 4.78 is 1.40. The van der Waals surface area contributed by atoms with E-state index in [4.69, 9.17) is 17.4 Å². The summed E-state index contributed by atoms with van der Waals surface area (Å²) in [5.74, 6) is 6.71. The molecule has 6 nitrogen and oxygen atoms in total. The molecule has 2 N–H and O–H groups in total. The molecule has 3 aromatic rings. The molecule has 0 radical (unpaired) electrons. The molecule has 4 rings (SSSR count). The molecule has 1 unspecified atom stereocenters. The Morgan fingerprint density at radius 2 is 2.04 bits per heavy atom. The highest BCUT2D eigenvalue weighted by molar-refractivity contribution is 8.00. The lowest BCUT2D eigenvalue weighted by atomic mass is 10.2. The molecule has 1 aromatic heterocycles. The summed E-state index contributed by atoms with van der Waals surface area (Å²) in [4.78, 5) is 14.8. The number of amides is 1. The van der Waals surface area contributed by atoms with Crippen molar-refractivity contribution in [3.05, 3.63) is 59.1 Å². The fourth-order valence-electron chi connectivity index (χ4n) is 3.18. The van der Waals surface area contributed by atoms with Crippen molar-refractivity contribution in [2.24, 2.45) is 0 Å². The molecule has 0 saturated heterocycles. The minimum atomic E-state index is -0.338. The van der Waals surface area contributed by atoms with Crippen molar-refractivity contribution in [1.29, 1.82) is 0 Å². The fraction of sp³-hybridized carbons (Fsp3) is 0.211. The van der Waals surface area contributed by atoms with Crippen LogP contribution in [-0.2, 0) is 11.2 Å². The lowest BCUT2D eigenvalue weighted by Crippen LogP contribution is -2.35. The lowest BCUT2D eigenvalue weighted by molar-refractivity contribution is -0.117. The molecule has 1 aliphatic heterocycles. The molecule has 2 aromatic carbocycles. The molecule has 1 amide bonds. The minimum absolute atomic E-state index is 0.0391. The number of thioether (sulfide) groups is 1. The van der Waals surface area contributed by atoms with Gasteiger partial charge < -0.3 is 10.7 Å². The van der Waals surface area contributed by atoms with Gasteiger partial charge in [0.05, 0.1) is 5.25 Å². The zero-order valence-corrected chi connectivity index (χ0v) is 16.2. The zero-order valence-electron chi connectivity index (χ0n) is 14.7. The fourth-order valence-corrected chi connectivity index (χ4v) is 4.20. The number of nitrogens with zero attached hydrogens (tertiary/aromatic N) is 4. The molecule has 0 aliphatic carbocycles. The van der Waals surface area contributed by atoms with Crippen molar-refractivity contribution in [3.8, 4) is 11.4 Å². The number of fused-ring (bicyclic) bond motifs is 1. The third-order valence-electron chi connectivity index (χ3n) is 4.53. The average molecular weight is 400 g/mol. The van der Waals surface area contributed by atoms with Crippen molar-refractivity contribution in [2.45, 2.75) is 23.8 Å². The van der Waals surface area contributed by atoms with Crippen LogP contribution in [0.1, 0.15) is 12.5 Å². The van der Waals surface area contributed by atoms with Crippen molar-refractivity contribution >= 4 is 35.0 Å². The van der Waals surface area contributed by atoms with E-state index in [1.807, 2.05) is 42.2 Å². The van der Waals surface area contributed by atoms with Crippen LogP contribution in [0.25, 0.3) is 11.4 Å². The Morgan fingerprint density at radius 3 is 2.85 bits per heavy atom. The van der Waals surface area contributed by atoms with Gasteiger partial charge in [-0.05, 0) is 37.1 Å². The van der Waals surface area contributed by atoms with Crippen molar-refractivity contribution in [2.75, 3.05) is 17.3 Å². The van der Waals surface area contributed by atoms with Crippen molar-refractivity contribution < 1.29 is 4.79 Å². The average Bonchev–Trinajstić information content (AvgIpc) is 3.25. The van der Waals surface area contributed by atoms with Gasteiger partial charge in [0.15, 0.2) is 5.82 Å². The highest BCUT2D eigenvalue weighted by atomic mass is 35.5. The van der Waals surface area contributed by atoms with Crippen molar-refractivity contribution in [3.63, 3.8) is 0 Å². The number of hydrogen-bond acceptors (Lipinski definition) is 5. The van der Waals surface area contributed by atoms with Gasteiger partial charge in [-0.2, -0.15) is 0 Å². The molecule has 0 bridgehead atoms. The van der Waals surface area contributed by atoms with E-state index in [1.165, 1.54) is 22.0 Å². The van der Waals surface area contributed by atoms with Gasteiger partial charge in [-0.3, -0.25) is 4.79 Å². The highest BCUT2D eigenvalue weighted by Crippen LogP contribution is 2.31. The summed E-state index contributed by atoms with van der Waals surface area (Å²) in [6.07, 6.45) is 0.880. The summed E-state index contributed by atoms with van der Waals surface area (Å²) in [6, 6.07) is 15.3. The Morgan fingerprint density at radius 1 is 1.22 bits per heavy atom. The number of aromatic nitrogens is 3. The van der Waals surface area contributed by atoms with Crippen molar-refractivity contribution in [1.82, 2.24) is 14.9 Å². The van der Waals surface area contributed by atoms with Crippen LogP contribution in [0.2, 0.25) is 5.02 Å². The molecule has 138 valence electrons. The lowest BCUT2D eigenvalue weighted by Gasteiger charge is -2.21. The van der Waals surface area contributed by atoms with E-state index in [2.05, 4.69) is 16.3 Å². The number of nitrogens with two attached hydrogens (primary N) is 1. The molecule has 0 saturated carbocycles. The predicted octanol–water partition coefficient (Wildman–Crippen LogP) is 3.38. The number of halogens is 1. The van der Waals surface area contributed by atoms with Crippen LogP contribution in [0.15, 0.2) is 53.7 Å². The number of carbonyl (C=O) groups excluding carboxylic acids is 1. The number of para-hydroxylation sites is 1. The maximum atomic E-state index is 12.9. The monoisotopic (exact) mass is 399 g/mol. The summed E-state index contributed by atoms with van der Waals surface area (Å²) >= 11 is 7.34. The first kappa shape index (κ1) is 17.9. The van der Waals surface area contributed by atoms with Gasteiger partial charge in [-0.15, -0.1) is 10.2 Å². The van der Waals surface area contributed by atoms with E-state index in [1.54, 1.807) is 12.1 Å². The van der Waals surface area contributed by atoms with Gasteiger partial charge in [0, 0.05) is 22.8 Å². The molecule has 27 heavy (non-hydrogen) atoms. The highest BCUT2D eigenvalue weighted by Gasteiger charge is 2.29. The molecular weight excluding hydrogens is 382 g/mol. The van der Waals surface area contributed by atoms with Crippen LogP contribution in [0.3, 0.4) is 0 Å². The van der Waals surface area contributed by atoms with E-state index in [0.29, 0.717) is 22.5 Å². The van der Waals surface area contributed by atoms with Crippen LogP contribution in [0.4, 0.5) is 5.69 Å². The van der Waals surface area contributed by atoms with Gasteiger partial charge in [0.2, 0.25) is 11.1 Å². The second-order valence-corrected chi connectivity index (χ2v) is 8.06. The Hall–Kier alpha value is -2.51. The molecular formula is C19H18ClN5OS. The Kier molecular flexibility index (Phi) is 4.80. The van der Waals surface area contributed by atoms with E-state index in [9.17, 15) is 4.79 Å². The first-order valence-electron chi connectivity index (χ1n) is 8.57. The van der Waals surface area contributed by atoms with Gasteiger partial charge in [-0.1, -0.05) is 53.7 Å². The van der Waals surface area contributed by atoms with E-state index in [0.717, 1.165) is 17.7 Å². The topological polar surface area (TPSA) is 77.0 Å². The largest absolute Gasteiger partial charge is 0.335 e. The normalized spacial score (nSPS) is 14.2. The number of hydrogen-bond donors (Lipinski definition) is 1. The molecule has 1 atom stereocenters. The summed E-state index contributed by atoms with van der Waals surface area (Å²) in [6.45, 7) is 2.56. The second-order valence-electron chi connectivity index (χ2n) is 6.32. The standard InChI is InChI=1S/C19H18ClN5OS/c1-12(18(26)24-10-9-13-5-2-3-8-16(13)24)27-19-23-22-17(25(19)21)14-6-4-7-15(20)11-14/h2-8,11-12H,9-10,21H2,1H3. The third-order valence-corrected chi connectivity index (χ3v) is 5.81. The summed E-state index contributed by atoms with van der Waals surface area (Å²) in [5, 5.41) is 9.05. The van der Waals surface area contributed by atoms with E-state index >= 15 is 0 Å². The van der Waals surface area contributed by atoms with Gasteiger partial charge in [0.25, 0.3) is 0 Å². The van der Waals surface area contributed by atoms with Crippen LogP contribution in [0.5, 0.6) is 0 Å². The number of nitrogen functional groups attached to an aromatic ring is 1. The molecule has 0 spiro atoms. The zero-order chi connectivity index (χ0) is 19.0. The van der Waals surface area contributed by atoms with Gasteiger partial charge >= 0.3 is 0 Å².